The number of thiocarbonyl (C=S) groups is 1. The van der Waals surface area contributed by atoms with Crippen molar-refractivity contribution in [1.29, 1.82) is 0 Å². The number of phenols is 1. The minimum absolute atomic E-state index is 0.0738. The Balaban J connectivity index is 0.000000175. The predicted molar refractivity (Wildman–Crippen MR) is 179 cm³/mol. The summed E-state index contributed by atoms with van der Waals surface area (Å²) >= 11 is 5.41. The van der Waals surface area contributed by atoms with Crippen molar-refractivity contribution >= 4 is 44.8 Å². The highest BCUT2D eigenvalue weighted by Crippen LogP contribution is 2.34. The van der Waals surface area contributed by atoms with Crippen LogP contribution < -0.4 is 24.5 Å². The van der Waals surface area contributed by atoms with Crippen LogP contribution in [0.5, 0.6) is 23.0 Å². The molecule has 0 aliphatic heterocycles. The number of methoxy groups -OCH3 is 2. The van der Waals surface area contributed by atoms with Crippen molar-refractivity contribution in [3.8, 4) is 34.1 Å². The van der Waals surface area contributed by atoms with E-state index in [-0.39, 0.29) is 22.5 Å². The summed E-state index contributed by atoms with van der Waals surface area (Å²) in [5.74, 6) is 1.54. The maximum Gasteiger partial charge on any atom is 0.269 e. The normalized spacial score (nSPS) is 10.5. The summed E-state index contributed by atoms with van der Waals surface area (Å²) in [4.78, 5) is 14.5. The van der Waals surface area contributed by atoms with Gasteiger partial charge in [0.15, 0.2) is 11.3 Å². The SMILES string of the molecule is COc1ccc(-c2coc3c(OC)c(O)ccc3c2=O)cc1.Cc1cccc(N(C)C(=S)Oc2ccc3ccccc3c2)c1. The van der Waals surface area contributed by atoms with E-state index in [1.165, 1.54) is 36.5 Å². The fourth-order valence-corrected chi connectivity index (χ4v) is 4.88. The molecule has 0 fully saturated rings. The minimum atomic E-state index is -0.190. The van der Waals surface area contributed by atoms with E-state index in [1.807, 2.05) is 54.4 Å². The molecule has 44 heavy (non-hydrogen) atoms. The van der Waals surface area contributed by atoms with Gasteiger partial charge in [0, 0.05) is 12.7 Å². The molecule has 8 heteroatoms. The molecule has 0 aliphatic carbocycles. The first-order valence-corrected chi connectivity index (χ1v) is 14.2. The molecule has 0 amide bonds. The Morgan fingerprint density at radius 1 is 0.818 bits per heavy atom. The Labute approximate surface area is 260 Å². The van der Waals surface area contributed by atoms with Crippen LogP contribution in [0.25, 0.3) is 32.9 Å². The number of phenolic OH excluding ortho intramolecular Hbond substituents is 1. The van der Waals surface area contributed by atoms with Crippen molar-refractivity contribution in [2.75, 3.05) is 26.2 Å². The van der Waals surface area contributed by atoms with E-state index in [4.69, 9.17) is 30.8 Å². The van der Waals surface area contributed by atoms with Crippen LogP contribution in [0, 0.1) is 6.92 Å². The van der Waals surface area contributed by atoms with Gasteiger partial charge in [-0.05, 0) is 89.6 Å². The first-order chi connectivity index (χ1) is 21.3. The fourth-order valence-electron chi connectivity index (χ4n) is 4.67. The number of aryl methyl sites for hydroxylation is 1. The molecule has 6 rings (SSSR count). The van der Waals surface area contributed by atoms with Gasteiger partial charge >= 0.3 is 0 Å². The second-order valence-corrected chi connectivity index (χ2v) is 10.3. The van der Waals surface area contributed by atoms with Crippen LogP contribution in [0.2, 0.25) is 0 Å². The second kappa shape index (κ2) is 13.3. The Hall–Kier alpha value is -5.34. The zero-order valence-electron chi connectivity index (χ0n) is 24.7. The molecule has 0 saturated heterocycles. The molecule has 0 atom stereocenters. The number of anilines is 1. The topological polar surface area (TPSA) is 81.4 Å². The number of hydrogen-bond donors (Lipinski definition) is 1. The van der Waals surface area contributed by atoms with Gasteiger partial charge in [0.05, 0.1) is 25.2 Å². The highest BCUT2D eigenvalue weighted by atomic mass is 32.1. The third-order valence-electron chi connectivity index (χ3n) is 7.07. The number of ether oxygens (including phenoxy) is 3. The van der Waals surface area contributed by atoms with Crippen molar-refractivity contribution in [2.45, 2.75) is 6.92 Å². The van der Waals surface area contributed by atoms with Crippen molar-refractivity contribution < 1.29 is 23.7 Å². The highest BCUT2D eigenvalue weighted by Gasteiger charge is 2.15. The molecule has 6 aromatic rings. The van der Waals surface area contributed by atoms with Gasteiger partial charge in [-0.3, -0.25) is 4.79 Å². The number of nitrogens with zero attached hydrogens (tertiary/aromatic N) is 1. The zero-order valence-corrected chi connectivity index (χ0v) is 25.6. The van der Waals surface area contributed by atoms with E-state index in [9.17, 15) is 9.90 Å². The first kappa shape index (κ1) is 30.1. The van der Waals surface area contributed by atoms with Gasteiger partial charge in [-0.15, -0.1) is 0 Å². The molecular weight excluding hydrogens is 574 g/mol. The summed E-state index contributed by atoms with van der Waals surface area (Å²) in [6.45, 7) is 2.06. The Morgan fingerprint density at radius 2 is 1.55 bits per heavy atom. The summed E-state index contributed by atoms with van der Waals surface area (Å²) in [5, 5.41) is 12.9. The van der Waals surface area contributed by atoms with Crippen LogP contribution in [0.4, 0.5) is 5.69 Å². The van der Waals surface area contributed by atoms with E-state index in [2.05, 4.69) is 31.2 Å². The lowest BCUT2D eigenvalue weighted by Crippen LogP contribution is -2.29. The van der Waals surface area contributed by atoms with Crippen LogP contribution in [-0.4, -0.2) is 31.5 Å². The van der Waals surface area contributed by atoms with E-state index in [0.29, 0.717) is 21.9 Å². The van der Waals surface area contributed by atoms with E-state index >= 15 is 0 Å². The molecule has 0 bridgehead atoms. The van der Waals surface area contributed by atoms with Gasteiger partial charge in [0.2, 0.25) is 11.2 Å². The first-order valence-electron chi connectivity index (χ1n) is 13.8. The molecule has 0 unspecified atom stereocenters. The van der Waals surface area contributed by atoms with Gasteiger partial charge < -0.3 is 28.6 Å². The van der Waals surface area contributed by atoms with Gasteiger partial charge in [0.1, 0.15) is 17.8 Å². The molecule has 1 aromatic heterocycles. The number of rotatable bonds is 5. The molecule has 5 aromatic carbocycles. The van der Waals surface area contributed by atoms with Gasteiger partial charge in [-0.2, -0.15) is 0 Å². The average molecular weight is 606 g/mol. The predicted octanol–water partition coefficient (Wildman–Crippen LogP) is 8.13. The van der Waals surface area contributed by atoms with Crippen molar-refractivity contribution in [1.82, 2.24) is 0 Å². The fraction of sp³-hybridized carbons (Fsp3) is 0.111. The minimum Gasteiger partial charge on any atom is -0.504 e. The molecule has 0 aliphatic rings. The van der Waals surface area contributed by atoms with Crippen molar-refractivity contribution in [2.24, 2.45) is 0 Å². The number of benzene rings is 5. The third kappa shape index (κ3) is 6.50. The molecule has 0 radical (unpaired) electrons. The largest absolute Gasteiger partial charge is 0.504 e. The molecule has 0 spiro atoms. The summed E-state index contributed by atoms with van der Waals surface area (Å²) < 4.78 is 21.6. The van der Waals surface area contributed by atoms with Crippen LogP contribution >= 0.6 is 12.2 Å². The zero-order chi connectivity index (χ0) is 31.2. The quantitative estimate of drug-likeness (QED) is 0.197. The number of hydrogen-bond acceptors (Lipinski definition) is 7. The third-order valence-corrected chi connectivity index (χ3v) is 7.43. The van der Waals surface area contributed by atoms with Gasteiger partial charge in [-0.1, -0.05) is 54.6 Å². The van der Waals surface area contributed by atoms with Gasteiger partial charge in [-0.25, -0.2) is 0 Å². The standard InChI is InChI=1S/C19H17NOS.C17H14O5/c1-14-6-5-9-17(12-14)20(2)19(22)21-18-11-10-15-7-3-4-8-16(15)13-18;1-20-11-5-3-10(4-6-11)13-9-22-16-12(15(13)19)7-8-14(18)17(16)21-2/h3-13H,1-2H3;3-9,18H,1-2H3. The monoisotopic (exact) mass is 605 g/mol. The van der Waals surface area contributed by atoms with E-state index in [0.717, 1.165) is 22.4 Å². The average Bonchev–Trinajstić information content (AvgIpc) is 3.05. The molecule has 7 nitrogen and oxygen atoms in total. The second-order valence-electron chi connectivity index (χ2n) is 9.98. The smallest absolute Gasteiger partial charge is 0.269 e. The Morgan fingerprint density at radius 3 is 2.25 bits per heavy atom. The van der Waals surface area contributed by atoms with Crippen LogP contribution in [0.1, 0.15) is 5.56 Å². The summed E-state index contributed by atoms with van der Waals surface area (Å²) in [5.41, 5.74) is 3.41. The van der Waals surface area contributed by atoms with Crippen LogP contribution in [-0.2, 0) is 0 Å². The lowest BCUT2D eigenvalue weighted by molar-refractivity contribution is 0.370. The Kier molecular flexibility index (Phi) is 9.12. The molecular formula is C36H31NO6S. The maximum atomic E-state index is 12.6. The molecule has 1 heterocycles. The van der Waals surface area contributed by atoms with Crippen molar-refractivity contribution in [3.63, 3.8) is 0 Å². The molecule has 0 saturated carbocycles. The van der Waals surface area contributed by atoms with E-state index in [1.54, 1.807) is 31.4 Å². The molecule has 222 valence electrons. The van der Waals surface area contributed by atoms with E-state index < -0.39 is 0 Å². The molecule has 1 N–H and O–H groups in total. The number of fused-ring (bicyclic) bond motifs is 2. The number of aromatic hydroxyl groups is 1. The van der Waals surface area contributed by atoms with Crippen molar-refractivity contribution in [3.05, 3.63) is 125 Å². The summed E-state index contributed by atoms with van der Waals surface area (Å²) in [6.07, 6.45) is 1.37. The highest BCUT2D eigenvalue weighted by molar-refractivity contribution is 7.80. The van der Waals surface area contributed by atoms with Gasteiger partial charge in [0.25, 0.3) is 5.17 Å². The maximum absolute atomic E-state index is 12.6. The lowest BCUT2D eigenvalue weighted by Gasteiger charge is -2.20. The lowest BCUT2D eigenvalue weighted by atomic mass is 10.1. The summed E-state index contributed by atoms with van der Waals surface area (Å²) in [6, 6.07) is 32.4. The van der Waals surface area contributed by atoms with Crippen LogP contribution in [0.3, 0.4) is 0 Å². The Bertz CT molecular complexity index is 2000. The summed E-state index contributed by atoms with van der Waals surface area (Å²) in [7, 11) is 4.90. The van der Waals surface area contributed by atoms with Crippen LogP contribution in [0.15, 0.2) is 119 Å².